The second-order valence-corrected chi connectivity index (χ2v) is 8.57. The van der Waals surface area contributed by atoms with Crippen molar-refractivity contribution in [1.29, 1.82) is 0 Å². The molecule has 0 bridgehead atoms. The normalized spacial score (nSPS) is 26.3. The lowest BCUT2D eigenvalue weighted by Gasteiger charge is -2.25. The Morgan fingerprint density at radius 2 is 2.09 bits per heavy atom. The average Bonchev–Trinajstić information content (AvgIpc) is 3.04. The van der Waals surface area contributed by atoms with Gasteiger partial charge in [0, 0.05) is 25.0 Å². The van der Waals surface area contributed by atoms with Crippen LogP contribution >= 0.6 is 0 Å². The zero-order chi connectivity index (χ0) is 16.7. The summed E-state index contributed by atoms with van der Waals surface area (Å²) in [6.07, 6.45) is 2.77. The fourth-order valence-electron chi connectivity index (χ4n) is 3.28. The van der Waals surface area contributed by atoms with Crippen LogP contribution in [0.15, 0.2) is 30.3 Å². The highest BCUT2D eigenvalue weighted by molar-refractivity contribution is 7.89. The number of sulfonamides is 1. The maximum Gasteiger partial charge on any atom is 0.225 e. The minimum atomic E-state index is -3.22. The molecule has 2 aliphatic rings. The summed E-state index contributed by atoms with van der Waals surface area (Å²) in [7, 11) is -3.22. The number of rotatable bonds is 3. The van der Waals surface area contributed by atoms with E-state index in [-0.39, 0.29) is 18.1 Å². The number of hydrogen-bond donors (Lipinski definition) is 1. The molecule has 5 nitrogen and oxygen atoms in total. The van der Waals surface area contributed by atoms with E-state index in [1.54, 1.807) is 11.8 Å². The SMILES string of the molecule is Cc1ccccc1C1=CCN(C(=O)CC2(C)CCS(=O)(=O)N2)C1. The highest BCUT2D eigenvalue weighted by Crippen LogP contribution is 2.28. The molecule has 124 valence electrons. The van der Waals surface area contributed by atoms with Crippen LogP contribution in [-0.4, -0.2) is 43.6 Å². The van der Waals surface area contributed by atoms with Gasteiger partial charge in [0.1, 0.15) is 0 Å². The molecular weight excluding hydrogens is 312 g/mol. The molecular formula is C17H22N2O3S. The van der Waals surface area contributed by atoms with Gasteiger partial charge in [-0.3, -0.25) is 4.79 Å². The van der Waals surface area contributed by atoms with E-state index in [9.17, 15) is 13.2 Å². The van der Waals surface area contributed by atoms with E-state index in [2.05, 4.69) is 29.9 Å². The Hall–Kier alpha value is -1.66. The van der Waals surface area contributed by atoms with Crippen LogP contribution in [0.3, 0.4) is 0 Å². The molecule has 0 aromatic heterocycles. The topological polar surface area (TPSA) is 66.5 Å². The molecule has 1 amide bonds. The average molecular weight is 334 g/mol. The van der Waals surface area contributed by atoms with Gasteiger partial charge in [-0.1, -0.05) is 30.3 Å². The Morgan fingerprint density at radius 3 is 2.74 bits per heavy atom. The monoisotopic (exact) mass is 334 g/mol. The largest absolute Gasteiger partial charge is 0.335 e. The predicted molar refractivity (Wildman–Crippen MR) is 90.3 cm³/mol. The zero-order valence-electron chi connectivity index (χ0n) is 13.5. The third-order valence-electron chi connectivity index (χ3n) is 4.63. The summed E-state index contributed by atoms with van der Waals surface area (Å²) in [5.41, 5.74) is 2.88. The molecule has 1 unspecified atom stereocenters. The second-order valence-electron chi connectivity index (χ2n) is 6.73. The molecule has 0 spiro atoms. The third-order valence-corrected chi connectivity index (χ3v) is 6.17. The van der Waals surface area contributed by atoms with Gasteiger partial charge in [-0.05, 0) is 37.0 Å². The molecule has 6 heteroatoms. The van der Waals surface area contributed by atoms with Crippen LogP contribution in [0, 0.1) is 6.92 Å². The fraction of sp³-hybridized carbons (Fsp3) is 0.471. The quantitative estimate of drug-likeness (QED) is 0.915. The molecule has 0 radical (unpaired) electrons. The van der Waals surface area contributed by atoms with Gasteiger partial charge >= 0.3 is 0 Å². The van der Waals surface area contributed by atoms with Crippen molar-refractivity contribution in [3.63, 3.8) is 0 Å². The summed E-state index contributed by atoms with van der Waals surface area (Å²) in [6.45, 7) is 5.05. The van der Waals surface area contributed by atoms with E-state index in [4.69, 9.17) is 0 Å². The van der Waals surface area contributed by atoms with Crippen molar-refractivity contribution in [2.45, 2.75) is 32.2 Å². The molecule has 2 heterocycles. The van der Waals surface area contributed by atoms with Crippen LogP contribution in [0.25, 0.3) is 5.57 Å². The highest BCUT2D eigenvalue weighted by atomic mass is 32.2. The molecule has 1 atom stereocenters. The van der Waals surface area contributed by atoms with Crippen molar-refractivity contribution >= 4 is 21.5 Å². The lowest BCUT2D eigenvalue weighted by Crippen LogP contribution is -2.43. The Morgan fingerprint density at radius 1 is 1.35 bits per heavy atom. The number of hydrogen-bond acceptors (Lipinski definition) is 3. The summed E-state index contributed by atoms with van der Waals surface area (Å²) < 4.78 is 25.8. The van der Waals surface area contributed by atoms with E-state index < -0.39 is 15.6 Å². The smallest absolute Gasteiger partial charge is 0.225 e. The van der Waals surface area contributed by atoms with Gasteiger partial charge < -0.3 is 4.90 Å². The Labute approximate surface area is 137 Å². The van der Waals surface area contributed by atoms with Gasteiger partial charge in [0.15, 0.2) is 0 Å². The van der Waals surface area contributed by atoms with Gasteiger partial charge in [-0.2, -0.15) is 0 Å². The lowest BCUT2D eigenvalue weighted by molar-refractivity contribution is -0.131. The van der Waals surface area contributed by atoms with E-state index >= 15 is 0 Å². The first kappa shape index (κ1) is 16.2. The van der Waals surface area contributed by atoms with Crippen LogP contribution in [0.5, 0.6) is 0 Å². The number of carbonyl (C=O) groups is 1. The predicted octanol–water partition coefficient (Wildman–Crippen LogP) is 1.69. The number of carbonyl (C=O) groups excluding carboxylic acids is 1. The van der Waals surface area contributed by atoms with Gasteiger partial charge in [0.05, 0.1) is 5.75 Å². The standard InChI is InChI=1S/C17H22N2O3S/c1-13-5-3-4-6-15(13)14-7-9-19(12-14)16(20)11-17(2)8-10-23(21,22)18-17/h3-7,18H,8-12H2,1-2H3. The van der Waals surface area contributed by atoms with Crippen LogP contribution in [0.4, 0.5) is 0 Å². The van der Waals surface area contributed by atoms with Crippen molar-refractivity contribution in [3.05, 3.63) is 41.5 Å². The van der Waals surface area contributed by atoms with Crippen LogP contribution in [0.1, 0.15) is 30.9 Å². The van der Waals surface area contributed by atoms with Crippen molar-refractivity contribution in [1.82, 2.24) is 9.62 Å². The van der Waals surface area contributed by atoms with E-state index in [1.807, 2.05) is 12.1 Å². The van der Waals surface area contributed by atoms with Crippen LogP contribution in [0.2, 0.25) is 0 Å². The Balaban J connectivity index is 1.65. The summed E-state index contributed by atoms with van der Waals surface area (Å²) >= 11 is 0. The van der Waals surface area contributed by atoms with E-state index in [0.29, 0.717) is 19.5 Å². The van der Waals surface area contributed by atoms with Gasteiger partial charge in [0.25, 0.3) is 0 Å². The maximum atomic E-state index is 12.5. The number of benzene rings is 1. The molecule has 0 aliphatic carbocycles. The Bertz CT molecular complexity index is 770. The molecule has 3 rings (SSSR count). The van der Waals surface area contributed by atoms with Crippen LogP contribution < -0.4 is 4.72 Å². The van der Waals surface area contributed by atoms with Crippen molar-refractivity contribution in [3.8, 4) is 0 Å². The number of nitrogens with one attached hydrogen (secondary N) is 1. The van der Waals surface area contributed by atoms with Gasteiger partial charge in [-0.25, -0.2) is 13.1 Å². The van der Waals surface area contributed by atoms with Gasteiger partial charge in [-0.15, -0.1) is 0 Å². The minimum Gasteiger partial charge on any atom is -0.335 e. The summed E-state index contributed by atoms with van der Waals surface area (Å²) in [6, 6.07) is 8.14. The molecule has 1 saturated heterocycles. The first-order valence-electron chi connectivity index (χ1n) is 7.82. The molecule has 1 N–H and O–H groups in total. The number of amides is 1. The Kier molecular flexibility index (Phi) is 4.06. The highest BCUT2D eigenvalue weighted by Gasteiger charge is 2.40. The number of aryl methyl sites for hydroxylation is 1. The van der Waals surface area contributed by atoms with Crippen molar-refractivity contribution < 1.29 is 13.2 Å². The van der Waals surface area contributed by atoms with E-state index in [0.717, 1.165) is 5.57 Å². The van der Waals surface area contributed by atoms with Gasteiger partial charge in [0.2, 0.25) is 15.9 Å². The molecule has 23 heavy (non-hydrogen) atoms. The summed E-state index contributed by atoms with van der Waals surface area (Å²) in [5, 5.41) is 0. The van der Waals surface area contributed by atoms with E-state index in [1.165, 1.54) is 11.1 Å². The molecule has 1 aromatic carbocycles. The van der Waals surface area contributed by atoms with Crippen LogP contribution in [-0.2, 0) is 14.8 Å². The second kappa shape index (κ2) is 5.76. The maximum absolute atomic E-state index is 12.5. The lowest BCUT2D eigenvalue weighted by atomic mass is 9.95. The zero-order valence-corrected chi connectivity index (χ0v) is 14.3. The summed E-state index contributed by atoms with van der Waals surface area (Å²) in [5.74, 6) is 0.0978. The molecule has 0 saturated carbocycles. The number of nitrogens with zero attached hydrogens (tertiary/aromatic N) is 1. The molecule has 1 aromatic rings. The molecule has 2 aliphatic heterocycles. The fourth-order valence-corrected chi connectivity index (χ4v) is 5.03. The molecule has 1 fully saturated rings. The first-order chi connectivity index (χ1) is 10.8. The van der Waals surface area contributed by atoms with Crippen molar-refractivity contribution in [2.24, 2.45) is 0 Å². The third kappa shape index (κ3) is 3.48. The summed E-state index contributed by atoms with van der Waals surface area (Å²) in [4.78, 5) is 14.3. The first-order valence-corrected chi connectivity index (χ1v) is 9.48. The minimum absolute atomic E-state index is 0.00284. The van der Waals surface area contributed by atoms with Crippen molar-refractivity contribution in [2.75, 3.05) is 18.8 Å².